The molecule has 25 heavy (non-hydrogen) atoms. The lowest BCUT2D eigenvalue weighted by Gasteiger charge is -2.12. The number of anilines is 1. The van der Waals surface area contributed by atoms with Gasteiger partial charge in [0.1, 0.15) is 5.82 Å². The van der Waals surface area contributed by atoms with Gasteiger partial charge in [0, 0.05) is 37.5 Å². The quantitative estimate of drug-likeness (QED) is 0.797. The Balaban J connectivity index is 1.61. The zero-order valence-electron chi connectivity index (χ0n) is 14.6. The Labute approximate surface area is 146 Å². The average molecular weight is 341 g/mol. The van der Waals surface area contributed by atoms with Crippen molar-refractivity contribution in [3.05, 3.63) is 47.0 Å². The highest BCUT2D eigenvalue weighted by molar-refractivity contribution is 5.98. The molecule has 0 saturated carbocycles. The summed E-state index contributed by atoms with van der Waals surface area (Å²) >= 11 is 0. The number of hydrogen-bond donors (Lipinski definition) is 3. The second kappa shape index (κ2) is 7.38. The van der Waals surface area contributed by atoms with Crippen LogP contribution in [0.5, 0.6) is 0 Å². The first-order chi connectivity index (χ1) is 12.1. The van der Waals surface area contributed by atoms with Crippen LogP contribution in [0.4, 0.5) is 10.5 Å². The van der Waals surface area contributed by atoms with Crippen molar-refractivity contribution in [2.75, 3.05) is 12.4 Å². The van der Waals surface area contributed by atoms with Crippen molar-refractivity contribution in [1.29, 1.82) is 0 Å². The average Bonchev–Trinajstić information content (AvgIpc) is 3.04. The summed E-state index contributed by atoms with van der Waals surface area (Å²) in [5.74, 6) is 0.919. The molecule has 3 amide bonds. The molecule has 2 heterocycles. The molecule has 3 N–H and O–H groups in total. The van der Waals surface area contributed by atoms with E-state index in [1.54, 1.807) is 25.2 Å². The molecule has 7 heteroatoms. The number of aromatic nitrogens is 2. The van der Waals surface area contributed by atoms with E-state index in [0.29, 0.717) is 17.8 Å². The largest absolute Gasteiger partial charge is 0.355 e. The van der Waals surface area contributed by atoms with Crippen LogP contribution in [0, 0.1) is 6.92 Å². The number of amides is 3. The fourth-order valence-corrected chi connectivity index (χ4v) is 3.05. The third kappa shape index (κ3) is 3.81. The number of carbonyl (C=O) groups is 2. The Bertz CT molecular complexity index is 773. The normalized spacial score (nSPS) is 13.0. The molecule has 0 saturated heterocycles. The number of nitrogens with one attached hydrogen (secondary N) is 3. The highest BCUT2D eigenvalue weighted by Gasteiger charge is 2.14. The van der Waals surface area contributed by atoms with Gasteiger partial charge in [0.2, 0.25) is 0 Å². The van der Waals surface area contributed by atoms with Crippen molar-refractivity contribution >= 4 is 17.6 Å². The fraction of sp³-hybridized carbons (Fsp3) is 0.389. The highest BCUT2D eigenvalue weighted by atomic mass is 16.2. The summed E-state index contributed by atoms with van der Waals surface area (Å²) in [5, 5.41) is 8.21. The molecule has 0 atom stereocenters. The standard InChI is InChI=1S/C18H23N5O2/c1-12-14(17(24)19-2)6-5-7-15(12)22-18(25)20-10-13-11-23-9-4-3-8-16(23)21-13/h5-7,11H,3-4,8-10H2,1-2H3,(H,19,24)(H2,20,22,25). The van der Waals surface area contributed by atoms with E-state index < -0.39 is 0 Å². The number of benzene rings is 1. The molecule has 7 nitrogen and oxygen atoms in total. The van der Waals surface area contributed by atoms with Crippen LogP contribution in [0.3, 0.4) is 0 Å². The molecule has 1 aliphatic heterocycles. The highest BCUT2D eigenvalue weighted by Crippen LogP contribution is 2.19. The third-order valence-corrected chi connectivity index (χ3v) is 4.44. The van der Waals surface area contributed by atoms with E-state index in [1.165, 1.54) is 12.8 Å². The van der Waals surface area contributed by atoms with Gasteiger partial charge in [0.15, 0.2) is 0 Å². The summed E-state index contributed by atoms with van der Waals surface area (Å²) < 4.78 is 2.16. The second-order valence-corrected chi connectivity index (χ2v) is 6.16. The van der Waals surface area contributed by atoms with Crippen LogP contribution in [0.15, 0.2) is 24.4 Å². The van der Waals surface area contributed by atoms with Gasteiger partial charge in [-0.15, -0.1) is 0 Å². The van der Waals surface area contributed by atoms with Crippen LogP contribution in [0.25, 0.3) is 0 Å². The number of urea groups is 1. The summed E-state index contributed by atoms with van der Waals surface area (Å²) in [6, 6.07) is 4.93. The van der Waals surface area contributed by atoms with Gasteiger partial charge < -0.3 is 20.5 Å². The maximum atomic E-state index is 12.2. The molecule has 2 aromatic rings. The molecule has 1 aliphatic rings. The van der Waals surface area contributed by atoms with E-state index in [1.807, 2.05) is 13.1 Å². The molecule has 0 aliphatic carbocycles. The Hall–Kier alpha value is -2.83. The van der Waals surface area contributed by atoms with Gasteiger partial charge in [0.05, 0.1) is 12.2 Å². The minimum absolute atomic E-state index is 0.176. The maximum Gasteiger partial charge on any atom is 0.319 e. The molecule has 0 bridgehead atoms. The first-order valence-corrected chi connectivity index (χ1v) is 8.50. The van der Waals surface area contributed by atoms with Crippen molar-refractivity contribution in [3.63, 3.8) is 0 Å². The molecule has 1 aromatic carbocycles. The maximum absolute atomic E-state index is 12.2. The Kier molecular flexibility index (Phi) is 5.02. The van der Waals surface area contributed by atoms with Crippen LogP contribution in [0.2, 0.25) is 0 Å². The van der Waals surface area contributed by atoms with Crippen LogP contribution in [-0.4, -0.2) is 28.5 Å². The minimum Gasteiger partial charge on any atom is -0.355 e. The van der Waals surface area contributed by atoms with E-state index in [9.17, 15) is 9.59 Å². The molecule has 0 unspecified atom stereocenters. The van der Waals surface area contributed by atoms with E-state index >= 15 is 0 Å². The molecule has 0 spiro atoms. The lowest BCUT2D eigenvalue weighted by molar-refractivity contribution is 0.0962. The number of aryl methyl sites for hydroxylation is 2. The SMILES string of the molecule is CNC(=O)c1cccc(NC(=O)NCc2cn3c(n2)CCCC3)c1C. The molecule has 3 rings (SSSR count). The monoisotopic (exact) mass is 341 g/mol. The molecule has 0 fully saturated rings. The Morgan fingerprint density at radius 2 is 2.12 bits per heavy atom. The number of carbonyl (C=O) groups excluding carboxylic acids is 2. The van der Waals surface area contributed by atoms with Crippen LogP contribution in [-0.2, 0) is 19.5 Å². The topological polar surface area (TPSA) is 88.0 Å². The first-order valence-electron chi connectivity index (χ1n) is 8.50. The van der Waals surface area contributed by atoms with Crippen molar-refractivity contribution in [3.8, 4) is 0 Å². The van der Waals surface area contributed by atoms with Crippen LogP contribution in [0.1, 0.15) is 40.3 Å². The van der Waals surface area contributed by atoms with Gasteiger partial charge in [-0.3, -0.25) is 4.79 Å². The molecule has 0 radical (unpaired) electrons. The molecule has 1 aromatic heterocycles. The van der Waals surface area contributed by atoms with E-state index in [0.717, 1.165) is 30.0 Å². The molecular formula is C18H23N5O2. The Morgan fingerprint density at radius 1 is 1.28 bits per heavy atom. The number of rotatable bonds is 4. The predicted molar refractivity (Wildman–Crippen MR) is 95.6 cm³/mol. The van der Waals surface area contributed by atoms with E-state index in [2.05, 4.69) is 25.5 Å². The second-order valence-electron chi connectivity index (χ2n) is 6.16. The summed E-state index contributed by atoms with van der Waals surface area (Å²) in [7, 11) is 1.58. The molecular weight excluding hydrogens is 318 g/mol. The fourth-order valence-electron chi connectivity index (χ4n) is 3.05. The number of nitrogens with zero attached hydrogens (tertiary/aromatic N) is 2. The zero-order chi connectivity index (χ0) is 17.8. The lowest BCUT2D eigenvalue weighted by Crippen LogP contribution is -2.29. The van der Waals surface area contributed by atoms with Gasteiger partial charge >= 0.3 is 6.03 Å². The predicted octanol–water partition coefficient (Wildman–Crippen LogP) is 2.21. The summed E-state index contributed by atoms with van der Waals surface area (Å²) in [6.45, 7) is 3.18. The van der Waals surface area contributed by atoms with Crippen molar-refractivity contribution in [2.24, 2.45) is 0 Å². The van der Waals surface area contributed by atoms with Crippen LogP contribution >= 0.6 is 0 Å². The summed E-state index contributed by atoms with van der Waals surface area (Å²) in [5.41, 5.74) is 2.75. The summed E-state index contributed by atoms with van der Waals surface area (Å²) in [6.07, 6.45) is 5.35. The van der Waals surface area contributed by atoms with E-state index in [4.69, 9.17) is 0 Å². The van der Waals surface area contributed by atoms with Crippen LogP contribution < -0.4 is 16.0 Å². The Morgan fingerprint density at radius 3 is 2.88 bits per heavy atom. The van der Waals surface area contributed by atoms with Crippen molar-refractivity contribution in [1.82, 2.24) is 20.2 Å². The third-order valence-electron chi connectivity index (χ3n) is 4.44. The lowest BCUT2D eigenvalue weighted by atomic mass is 10.1. The van der Waals surface area contributed by atoms with Gasteiger partial charge in [-0.25, -0.2) is 9.78 Å². The smallest absolute Gasteiger partial charge is 0.319 e. The van der Waals surface area contributed by atoms with Crippen molar-refractivity contribution < 1.29 is 9.59 Å². The van der Waals surface area contributed by atoms with Gasteiger partial charge in [-0.2, -0.15) is 0 Å². The van der Waals surface area contributed by atoms with Gasteiger partial charge in [0.25, 0.3) is 5.91 Å². The number of fused-ring (bicyclic) bond motifs is 1. The van der Waals surface area contributed by atoms with Crippen molar-refractivity contribution in [2.45, 2.75) is 39.3 Å². The molecule has 132 valence electrons. The zero-order valence-corrected chi connectivity index (χ0v) is 14.6. The van der Waals surface area contributed by atoms with Gasteiger partial charge in [-0.05, 0) is 37.5 Å². The van der Waals surface area contributed by atoms with Gasteiger partial charge in [-0.1, -0.05) is 6.07 Å². The summed E-state index contributed by atoms with van der Waals surface area (Å²) in [4.78, 5) is 28.6. The number of hydrogen-bond acceptors (Lipinski definition) is 3. The first kappa shape index (κ1) is 17.0. The number of imidazole rings is 1. The van der Waals surface area contributed by atoms with E-state index in [-0.39, 0.29) is 11.9 Å². The minimum atomic E-state index is -0.317.